The van der Waals surface area contributed by atoms with Crippen LogP contribution < -0.4 is 10.2 Å². The van der Waals surface area contributed by atoms with Crippen LogP contribution in [0.2, 0.25) is 0 Å². The Balaban J connectivity index is 1.61. The lowest BCUT2D eigenvalue weighted by Crippen LogP contribution is -2.36. The largest absolute Gasteiger partial charge is 0.466 e. The Morgan fingerprint density at radius 2 is 1.80 bits per heavy atom. The highest BCUT2D eigenvalue weighted by Crippen LogP contribution is 2.19. The fraction of sp³-hybridized carbons (Fsp3) is 0.333. The summed E-state index contributed by atoms with van der Waals surface area (Å²) < 4.78 is 10.4. The summed E-state index contributed by atoms with van der Waals surface area (Å²) in [5.41, 5.74) is 2.95. The van der Waals surface area contributed by atoms with E-state index >= 15 is 0 Å². The van der Waals surface area contributed by atoms with E-state index in [1.54, 1.807) is 13.0 Å². The number of morpholine rings is 1. The van der Waals surface area contributed by atoms with Crippen molar-refractivity contribution in [3.8, 4) is 0 Å². The van der Waals surface area contributed by atoms with Crippen LogP contribution >= 0.6 is 0 Å². The molecule has 1 heterocycles. The number of nitrogens with one attached hydrogen (secondary N) is 1. The van der Waals surface area contributed by atoms with E-state index in [0.29, 0.717) is 6.61 Å². The van der Waals surface area contributed by atoms with Gasteiger partial charge in [0, 0.05) is 24.9 Å². The van der Waals surface area contributed by atoms with Crippen LogP contribution in [0.4, 0.5) is 5.69 Å². The van der Waals surface area contributed by atoms with Gasteiger partial charge in [-0.1, -0.05) is 42.5 Å². The minimum absolute atomic E-state index is 0.0890. The average molecular weight is 408 g/mol. The number of nitrogens with zero attached hydrogens (tertiary/aromatic N) is 1. The minimum Gasteiger partial charge on any atom is -0.466 e. The van der Waals surface area contributed by atoms with Gasteiger partial charge in [0.2, 0.25) is 5.91 Å². The van der Waals surface area contributed by atoms with E-state index in [-0.39, 0.29) is 18.3 Å². The number of anilines is 1. The fourth-order valence-electron chi connectivity index (χ4n) is 3.33. The molecule has 1 aliphatic heterocycles. The number of amides is 1. The van der Waals surface area contributed by atoms with Crippen molar-refractivity contribution in [1.29, 1.82) is 0 Å². The molecule has 2 aromatic carbocycles. The molecule has 1 saturated heterocycles. The molecule has 1 aliphatic rings. The van der Waals surface area contributed by atoms with Crippen LogP contribution in [0.5, 0.6) is 0 Å². The van der Waals surface area contributed by atoms with Crippen LogP contribution in [-0.4, -0.2) is 44.8 Å². The normalized spacial score (nSPS) is 15.0. The molecule has 1 amide bonds. The summed E-state index contributed by atoms with van der Waals surface area (Å²) in [7, 11) is 0. The van der Waals surface area contributed by atoms with E-state index in [2.05, 4.69) is 22.3 Å². The Labute approximate surface area is 177 Å². The maximum Gasteiger partial charge on any atom is 0.308 e. The predicted octanol–water partition coefficient (Wildman–Crippen LogP) is 3.35. The van der Waals surface area contributed by atoms with Gasteiger partial charge in [-0.15, -0.1) is 0 Å². The summed E-state index contributed by atoms with van der Waals surface area (Å²) in [5.74, 6) is -0.597. The van der Waals surface area contributed by atoms with Crippen molar-refractivity contribution in [1.82, 2.24) is 5.32 Å². The quantitative estimate of drug-likeness (QED) is 0.536. The molecule has 0 aromatic heterocycles. The molecular weight excluding hydrogens is 380 g/mol. The third kappa shape index (κ3) is 6.46. The first-order valence-electron chi connectivity index (χ1n) is 10.3. The van der Waals surface area contributed by atoms with Crippen molar-refractivity contribution in [3.05, 3.63) is 71.8 Å². The number of ether oxygens (including phenoxy) is 2. The number of rotatable bonds is 8. The minimum atomic E-state index is -0.439. The van der Waals surface area contributed by atoms with E-state index < -0.39 is 6.04 Å². The van der Waals surface area contributed by atoms with Gasteiger partial charge >= 0.3 is 5.97 Å². The lowest BCUT2D eigenvalue weighted by molar-refractivity contribution is -0.143. The number of hydrogen-bond donors (Lipinski definition) is 1. The second-order valence-electron chi connectivity index (χ2n) is 7.01. The molecule has 2 aromatic rings. The van der Waals surface area contributed by atoms with Crippen molar-refractivity contribution in [3.63, 3.8) is 0 Å². The van der Waals surface area contributed by atoms with E-state index in [1.807, 2.05) is 42.5 Å². The van der Waals surface area contributed by atoms with E-state index in [1.165, 1.54) is 6.08 Å². The molecule has 3 rings (SSSR count). The number of carbonyl (C=O) groups excluding carboxylic acids is 2. The standard InChI is InChI=1S/C24H28N2O4/c1-2-30-24(28)18-22(20-6-4-3-5-7-20)25-23(27)13-10-19-8-11-21(12-9-19)26-14-16-29-17-15-26/h3-13,22H,2,14-18H2,1H3,(H,25,27)/b13-10+. The molecule has 1 N–H and O–H groups in total. The second-order valence-corrected chi connectivity index (χ2v) is 7.01. The Morgan fingerprint density at radius 1 is 1.10 bits per heavy atom. The molecule has 30 heavy (non-hydrogen) atoms. The second kappa shape index (κ2) is 11.2. The van der Waals surface area contributed by atoms with Gasteiger partial charge < -0.3 is 19.7 Å². The fourth-order valence-corrected chi connectivity index (χ4v) is 3.33. The van der Waals surface area contributed by atoms with Crippen LogP contribution in [0.3, 0.4) is 0 Å². The van der Waals surface area contributed by atoms with Crippen molar-refractivity contribution in [2.45, 2.75) is 19.4 Å². The number of hydrogen-bond acceptors (Lipinski definition) is 5. The SMILES string of the molecule is CCOC(=O)CC(NC(=O)/C=C/c1ccc(N2CCOCC2)cc1)c1ccccc1. The molecule has 158 valence electrons. The topological polar surface area (TPSA) is 67.9 Å². The maximum absolute atomic E-state index is 12.5. The van der Waals surface area contributed by atoms with Gasteiger partial charge in [0.25, 0.3) is 0 Å². The summed E-state index contributed by atoms with van der Waals surface area (Å²) in [6.45, 7) is 5.35. The maximum atomic E-state index is 12.5. The van der Waals surface area contributed by atoms with E-state index in [9.17, 15) is 9.59 Å². The Kier molecular flexibility index (Phi) is 8.03. The summed E-state index contributed by atoms with van der Waals surface area (Å²) in [6, 6.07) is 17.1. The molecule has 1 atom stereocenters. The first kappa shape index (κ1) is 21.6. The lowest BCUT2D eigenvalue weighted by Gasteiger charge is -2.28. The highest BCUT2D eigenvalue weighted by Gasteiger charge is 2.18. The monoisotopic (exact) mass is 408 g/mol. The first-order chi connectivity index (χ1) is 14.7. The van der Waals surface area contributed by atoms with Crippen LogP contribution in [0, 0.1) is 0 Å². The van der Waals surface area contributed by atoms with Gasteiger partial charge in [0.05, 0.1) is 32.3 Å². The van der Waals surface area contributed by atoms with Crippen molar-refractivity contribution in [2.24, 2.45) is 0 Å². The summed E-state index contributed by atoms with van der Waals surface area (Å²) in [6.07, 6.45) is 3.35. The third-order valence-corrected chi connectivity index (χ3v) is 4.89. The molecule has 0 saturated carbocycles. The molecule has 1 unspecified atom stereocenters. The van der Waals surface area contributed by atoms with Gasteiger partial charge in [0.1, 0.15) is 0 Å². The van der Waals surface area contributed by atoms with Gasteiger partial charge in [-0.3, -0.25) is 9.59 Å². The van der Waals surface area contributed by atoms with Crippen LogP contribution in [0.1, 0.15) is 30.5 Å². The number of benzene rings is 2. The summed E-state index contributed by atoms with van der Waals surface area (Å²) >= 11 is 0. The number of carbonyl (C=O) groups is 2. The molecule has 1 fully saturated rings. The molecule has 0 radical (unpaired) electrons. The zero-order chi connectivity index (χ0) is 21.2. The Morgan fingerprint density at radius 3 is 2.47 bits per heavy atom. The summed E-state index contributed by atoms with van der Waals surface area (Å²) in [5, 5.41) is 2.91. The van der Waals surface area contributed by atoms with Crippen molar-refractivity contribution >= 4 is 23.6 Å². The van der Waals surface area contributed by atoms with E-state index in [4.69, 9.17) is 9.47 Å². The van der Waals surface area contributed by atoms with Crippen LogP contribution in [0.25, 0.3) is 6.08 Å². The molecule has 0 aliphatic carbocycles. The molecule has 6 heteroatoms. The number of esters is 1. The van der Waals surface area contributed by atoms with Crippen molar-refractivity contribution in [2.75, 3.05) is 37.8 Å². The molecule has 6 nitrogen and oxygen atoms in total. The highest BCUT2D eigenvalue weighted by atomic mass is 16.5. The average Bonchev–Trinajstić information content (AvgIpc) is 2.79. The van der Waals surface area contributed by atoms with Gasteiger partial charge in [-0.25, -0.2) is 0 Å². The van der Waals surface area contributed by atoms with Gasteiger partial charge in [-0.2, -0.15) is 0 Å². The Bertz CT molecular complexity index is 843. The third-order valence-electron chi connectivity index (χ3n) is 4.89. The lowest BCUT2D eigenvalue weighted by atomic mass is 10.0. The van der Waals surface area contributed by atoms with Gasteiger partial charge in [0.15, 0.2) is 0 Å². The van der Waals surface area contributed by atoms with Crippen LogP contribution in [0.15, 0.2) is 60.7 Å². The zero-order valence-electron chi connectivity index (χ0n) is 17.3. The zero-order valence-corrected chi connectivity index (χ0v) is 17.3. The van der Waals surface area contributed by atoms with E-state index in [0.717, 1.165) is 43.1 Å². The predicted molar refractivity (Wildman–Crippen MR) is 117 cm³/mol. The van der Waals surface area contributed by atoms with Crippen LogP contribution in [-0.2, 0) is 19.1 Å². The molecular formula is C24H28N2O4. The smallest absolute Gasteiger partial charge is 0.308 e. The highest BCUT2D eigenvalue weighted by molar-refractivity contribution is 5.92. The molecule has 0 bridgehead atoms. The molecule has 0 spiro atoms. The first-order valence-corrected chi connectivity index (χ1v) is 10.3. The summed E-state index contributed by atoms with van der Waals surface area (Å²) in [4.78, 5) is 26.7. The van der Waals surface area contributed by atoms with Crippen molar-refractivity contribution < 1.29 is 19.1 Å². The van der Waals surface area contributed by atoms with Gasteiger partial charge in [-0.05, 0) is 36.3 Å². The Hall–Kier alpha value is -3.12.